The Bertz CT molecular complexity index is 829. The van der Waals surface area contributed by atoms with Gasteiger partial charge in [-0.2, -0.15) is 10.4 Å². The van der Waals surface area contributed by atoms with Crippen LogP contribution in [0.3, 0.4) is 0 Å². The Morgan fingerprint density at radius 1 is 1.32 bits per heavy atom. The molecule has 0 aliphatic heterocycles. The van der Waals surface area contributed by atoms with E-state index in [1.807, 2.05) is 19.1 Å². The molecule has 0 unspecified atom stereocenters. The minimum Gasteiger partial charge on any atom is -0.266 e. The highest BCUT2D eigenvalue weighted by Gasteiger charge is 2.15. The smallest absolute Gasteiger partial charge is 0.266 e. The first-order valence-corrected chi connectivity index (χ1v) is 7.83. The summed E-state index contributed by atoms with van der Waals surface area (Å²) in [5.41, 5.74) is 1.27. The number of hydrogen-bond donors (Lipinski definition) is 0. The van der Waals surface area contributed by atoms with E-state index in [2.05, 4.69) is 31.9 Å². The first kappa shape index (κ1) is 16.2. The number of hydrogen-bond acceptors (Lipinski definition) is 4. The molecule has 0 amide bonds. The van der Waals surface area contributed by atoms with Gasteiger partial charge in [0.1, 0.15) is 11.6 Å². The van der Waals surface area contributed by atoms with Gasteiger partial charge >= 0.3 is 0 Å². The van der Waals surface area contributed by atoms with Crippen molar-refractivity contribution >= 4 is 17.6 Å². The summed E-state index contributed by atoms with van der Waals surface area (Å²) in [5.74, 6) is 0. The van der Waals surface area contributed by atoms with Gasteiger partial charge in [-0.3, -0.25) is 4.79 Å². The highest BCUT2D eigenvalue weighted by atomic mass is 32.1. The maximum atomic E-state index is 12.3. The van der Waals surface area contributed by atoms with Crippen molar-refractivity contribution in [2.24, 2.45) is 5.10 Å². The van der Waals surface area contributed by atoms with Crippen molar-refractivity contribution in [1.29, 1.82) is 5.26 Å². The van der Waals surface area contributed by atoms with Crippen molar-refractivity contribution in [3.05, 3.63) is 55.1 Å². The third kappa shape index (κ3) is 3.18. The van der Waals surface area contributed by atoms with Crippen LogP contribution in [0.1, 0.15) is 47.3 Å². The quantitative estimate of drug-likeness (QED) is 0.796. The fourth-order valence-corrected chi connectivity index (χ4v) is 3.03. The van der Waals surface area contributed by atoms with E-state index in [0.717, 1.165) is 4.88 Å². The van der Waals surface area contributed by atoms with Crippen LogP contribution in [0.25, 0.3) is 0 Å². The number of aryl methyl sites for hydroxylation is 2. The lowest BCUT2D eigenvalue weighted by molar-refractivity contribution is 0.604. The second-order valence-electron chi connectivity index (χ2n) is 6.27. The van der Waals surface area contributed by atoms with Gasteiger partial charge in [-0.15, -0.1) is 11.3 Å². The summed E-state index contributed by atoms with van der Waals surface area (Å²) in [4.78, 5) is 14.5. The predicted octanol–water partition coefficient (Wildman–Crippen LogP) is 3.58. The van der Waals surface area contributed by atoms with E-state index in [4.69, 9.17) is 5.26 Å². The summed E-state index contributed by atoms with van der Waals surface area (Å²) >= 11 is 1.65. The molecule has 2 rings (SSSR count). The Hall–Kier alpha value is -2.19. The molecule has 0 saturated heterocycles. The van der Waals surface area contributed by atoms with E-state index in [1.54, 1.807) is 30.5 Å². The standard InChI is InChI=1S/C17H19N3OS/c1-11-8-12(2)20(16(21)14(11)9-18)19-10-13-6-7-15(22-13)17(3,4)5/h6-8,10H,1-5H3/b19-10+. The number of thiophene rings is 1. The normalized spacial score (nSPS) is 11.8. The van der Waals surface area contributed by atoms with Gasteiger partial charge in [-0.1, -0.05) is 20.8 Å². The lowest BCUT2D eigenvalue weighted by atomic mass is 9.95. The van der Waals surface area contributed by atoms with Crippen LogP contribution in [-0.4, -0.2) is 10.9 Å². The number of pyridine rings is 1. The highest BCUT2D eigenvalue weighted by Crippen LogP contribution is 2.28. The largest absolute Gasteiger partial charge is 0.289 e. The summed E-state index contributed by atoms with van der Waals surface area (Å²) in [6.45, 7) is 10.0. The summed E-state index contributed by atoms with van der Waals surface area (Å²) < 4.78 is 1.28. The Morgan fingerprint density at radius 2 is 2.00 bits per heavy atom. The second-order valence-corrected chi connectivity index (χ2v) is 7.38. The number of aromatic nitrogens is 1. The van der Waals surface area contributed by atoms with E-state index < -0.39 is 0 Å². The molecule has 0 aromatic carbocycles. The summed E-state index contributed by atoms with van der Waals surface area (Å²) in [6, 6.07) is 7.82. The van der Waals surface area contributed by atoms with Crippen LogP contribution in [0.5, 0.6) is 0 Å². The Labute approximate surface area is 134 Å². The summed E-state index contributed by atoms with van der Waals surface area (Å²) in [6.07, 6.45) is 1.67. The Kier molecular flexibility index (Phi) is 4.34. The number of nitriles is 1. The Balaban J connectivity index is 2.42. The van der Waals surface area contributed by atoms with E-state index in [0.29, 0.717) is 11.3 Å². The molecule has 2 aromatic rings. The summed E-state index contributed by atoms with van der Waals surface area (Å²) in [5, 5.41) is 13.3. The molecule has 4 nitrogen and oxygen atoms in total. The average Bonchev–Trinajstić information content (AvgIpc) is 2.87. The number of nitrogens with zero attached hydrogens (tertiary/aromatic N) is 3. The molecule has 0 bridgehead atoms. The van der Waals surface area contributed by atoms with Crippen LogP contribution in [0.15, 0.2) is 28.1 Å². The molecule has 0 fully saturated rings. The molecular formula is C17H19N3OS. The molecule has 5 heteroatoms. The molecule has 0 N–H and O–H groups in total. The van der Waals surface area contributed by atoms with Crippen LogP contribution in [-0.2, 0) is 5.41 Å². The first-order chi connectivity index (χ1) is 10.2. The number of rotatable bonds is 2. The second kappa shape index (κ2) is 5.90. The van der Waals surface area contributed by atoms with E-state index in [1.165, 1.54) is 9.55 Å². The van der Waals surface area contributed by atoms with Gasteiger partial charge < -0.3 is 0 Å². The molecule has 0 atom stereocenters. The molecule has 2 aromatic heterocycles. The lowest BCUT2D eigenvalue weighted by Crippen LogP contribution is -2.22. The van der Waals surface area contributed by atoms with Gasteiger partial charge in [0.15, 0.2) is 0 Å². The maximum absolute atomic E-state index is 12.3. The summed E-state index contributed by atoms with van der Waals surface area (Å²) in [7, 11) is 0. The van der Waals surface area contributed by atoms with Crippen LogP contribution in [0.4, 0.5) is 0 Å². The zero-order chi connectivity index (χ0) is 16.5. The van der Waals surface area contributed by atoms with Gasteiger partial charge in [-0.25, -0.2) is 4.68 Å². The van der Waals surface area contributed by atoms with E-state index in [-0.39, 0.29) is 16.5 Å². The van der Waals surface area contributed by atoms with Crippen molar-refractivity contribution in [2.75, 3.05) is 0 Å². The third-order valence-electron chi connectivity index (χ3n) is 3.34. The van der Waals surface area contributed by atoms with E-state index >= 15 is 0 Å². The maximum Gasteiger partial charge on any atom is 0.289 e. The molecule has 0 aliphatic rings. The minimum atomic E-state index is -0.371. The molecule has 0 spiro atoms. The van der Waals surface area contributed by atoms with Gasteiger partial charge in [0, 0.05) is 15.4 Å². The first-order valence-electron chi connectivity index (χ1n) is 7.02. The van der Waals surface area contributed by atoms with Gasteiger partial charge in [-0.05, 0) is 43.0 Å². The zero-order valence-corrected chi connectivity index (χ0v) is 14.3. The molecule has 22 heavy (non-hydrogen) atoms. The fourth-order valence-electron chi connectivity index (χ4n) is 2.10. The average molecular weight is 313 g/mol. The molecule has 0 aliphatic carbocycles. The van der Waals surface area contributed by atoms with Gasteiger partial charge in [0.25, 0.3) is 5.56 Å². The van der Waals surface area contributed by atoms with Crippen molar-refractivity contribution < 1.29 is 0 Å². The lowest BCUT2D eigenvalue weighted by Gasteiger charge is -2.15. The van der Waals surface area contributed by atoms with E-state index in [9.17, 15) is 4.79 Å². The van der Waals surface area contributed by atoms with Crippen LogP contribution < -0.4 is 5.56 Å². The van der Waals surface area contributed by atoms with Crippen LogP contribution >= 0.6 is 11.3 Å². The van der Waals surface area contributed by atoms with Crippen molar-refractivity contribution in [1.82, 2.24) is 4.68 Å². The molecule has 0 saturated carbocycles. The van der Waals surface area contributed by atoms with Crippen molar-refractivity contribution in [3.8, 4) is 6.07 Å². The SMILES string of the molecule is Cc1cc(C)n(/N=C/c2ccc(C(C)(C)C)s2)c(=O)c1C#N. The molecule has 0 radical (unpaired) electrons. The topological polar surface area (TPSA) is 58.1 Å². The van der Waals surface area contributed by atoms with Crippen LogP contribution in [0.2, 0.25) is 0 Å². The monoisotopic (exact) mass is 313 g/mol. The van der Waals surface area contributed by atoms with Gasteiger partial charge in [0.05, 0.1) is 6.21 Å². The minimum absolute atomic E-state index is 0.0986. The molecular weight excluding hydrogens is 294 g/mol. The third-order valence-corrected chi connectivity index (χ3v) is 4.78. The molecule has 114 valence electrons. The van der Waals surface area contributed by atoms with Crippen molar-refractivity contribution in [2.45, 2.75) is 40.0 Å². The predicted molar refractivity (Wildman–Crippen MR) is 90.9 cm³/mol. The van der Waals surface area contributed by atoms with Crippen LogP contribution in [0, 0.1) is 25.2 Å². The van der Waals surface area contributed by atoms with Crippen molar-refractivity contribution in [3.63, 3.8) is 0 Å². The highest BCUT2D eigenvalue weighted by molar-refractivity contribution is 7.13. The molecule has 2 heterocycles. The van der Waals surface area contributed by atoms with Gasteiger partial charge in [0.2, 0.25) is 0 Å². The zero-order valence-electron chi connectivity index (χ0n) is 13.5. The fraction of sp³-hybridized carbons (Fsp3) is 0.353. The Morgan fingerprint density at radius 3 is 2.55 bits per heavy atom.